The van der Waals surface area contributed by atoms with Gasteiger partial charge in [-0.15, -0.1) is 0 Å². The lowest BCUT2D eigenvalue weighted by molar-refractivity contribution is -0.130. The first kappa shape index (κ1) is 17.4. The maximum absolute atomic E-state index is 12.2. The fourth-order valence-electron chi connectivity index (χ4n) is 2.37. The molecule has 1 amide bonds. The highest BCUT2D eigenvalue weighted by molar-refractivity contribution is 7.71. The van der Waals surface area contributed by atoms with Crippen LogP contribution in [0.1, 0.15) is 31.7 Å². The smallest absolute Gasteiger partial charge is 0.224 e. The fourth-order valence-corrected chi connectivity index (χ4v) is 2.59. The van der Waals surface area contributed by atoms with Crippen molar-refractivity contribution < 1.29 is 4.79 Å². The molecule has 0 atom stereocenters. The molecule has 6 heteroatoms. The van der Waals surface area contributed by atoms with E-state index in [2.05, 4.69) is 17.1 Å². The predicted octanol–water partition coefficient (Wildman–Crippen LogP) is 3.56. The summed E-state index contributed by atoms with van der Waals surface area (Å²) in [6.45, 7) is 5.51. The number of unbranched alkanes of at least 4 members (excludes halogenated alkanes) is 1. The monoisotopic (exact) mass is 332 g/mol. The highest BCUT2D eigenvalue weighted by Crippen LogP contribution is 2.18. The van der Waals surface area contributed by atoms with Crippen LogP contribution in [-0.2, 0) is 11.3 Å². The zero-order chi connectivity index (χ0) is 16.8. The normalized spacial score (nSPS) is 10.7. The average Bonchev–Trinajstić information content (AvgIpc) is 2.91. The summed E-state index contributed by atoms with van der Waals surface area (Å²) in [5, 5.41) is 7.14. The van der Waals surface area contributed by atoms with Crippen molar-refractivity contribution in [3.63, 3.8) is 0 Å². The van der Waals surface area contributed by atoms with Gasteiger partial charge in [-0.2, -0.15) is 5.10 Å². The molecule has 0 radical (unpaired) electrons. The van der Waals surface area contributed by atoms with Crippen LogP contribution in [0.5, 0.6) is 0 Å². The maximum atomic E-state index is 12.2. The van der Waals surface area contributed by atoms with E-state index in [1.807, 2.05) is 42.8 Å². The number of nitrogens with zero attached hydrogens (tertiary/aromatic N) is 3. The SMILES string of the molecule is CCCCN(C)C(=O)CCn1c(-c2ccc(C)cc2)n[nH]c1=S. The van der Waals surface area contributed by atoms with Crippen LogP contribution in [0.15, 0.2) is 24.3 Å². The van der Waals surface area contributed by atoms with Gasteiger partial charge in [0.15, 0.2) is 10.6 Å². The Balaban J connectivity index is 2.09. The molecule has 0 bridgehead atoms. The average molecular weight is 332 g/mol. The van der Waals surface area contributed by atoms with Crippen LogP contribution in [0.4, 0.5) is 0 Å². The molecule has 0 fully saturated rings. The summed E-state index contributed by atoms with van der Waals surface area (Å²) in [6, 6.07) is 8.13. The second-order valence-corrected chi connectivity index (χ2v) is 6.18. The molecule has 0 saturated carbocycles. The number of carbonyl (C=O) groups excluding carboxylic acids is 1. The molecule has 2 rings (SSSR count). The molecule has 0 spiro atoms. The lowest BCUT2D eigenvalue weighted by Gasteiger charge is -2.17. The largest absolute Gasteiger partial charge is 0.346 e. The van der Waals surface area contributed by atoms with E-state index in [1.165, 1.54) is 5.56 Å². The third-order valence-corrected chi connectivity index (χ3v) is 4.20. The minimum Gasteiger partial charge on any atom is -0.346 e. The number of rotatable bonds is 7. The molecule has 1 heterocycles. The highest BCUT2D eigenvalue weighted by Gasteiger charge is 2.12. The molecule has 2 aromatic rings. The first-order chi connectivity index (χ1) is 11.0. The minimum atomic E-state index is 0.136. The zero-order valence-electron chi connectivity index (χ0n) is 14.0. The molecule has 0 saturated heterocycles. The molecule has 0 unspecified atom stereocenters. The summed E-state index contributed by atoms with van der Waals surface area (Å²) >= 11 is 5.31. The summed E-state index contributed by atoms with van der Waals surface area (Å²) in [4.78, 5) is 14.0. The van der Waals surface area contributed by atoms with Gasteiger partial charge < -0.3 is 4.90 Å². The third kappa shape index (κ3) is 4.51. The number of hydrogen-bond acceptors (Lipinski definition) is 3. The maximum Gasteiger partial charge on any atom is 0.224 e. The Labute approximate surface area is 142 Å². The first-order valence-corrected chi connectivity index (χ1v) is 8.40. The first-order valence-electron chi connectivity index (χ1n) is 7.99. The molecule has 23 heavy (non-hydrogen) atoms. The van der Waals surface area contributed by atoms with E-state index in [9.17, 15) is 4.79 Å². The summed E-state index contributed by atoms with van der Waals surface area (Å²) in [5.74, 6) is 0.912. The Morgan fingerprint density at radius 2 is 2.04 bits per heavy atom. The Morgan fingerprint density at radius 3 is 2.70 bits per heavy atom. The van der Waals surface area contributed by atoms with Gasteiger partial charge in [-0.05, 0) is 25.6 Å². The molecule has 1 N–H and O–H groups in total. The van der Waals surface area contributed by atoms with E-state index in [4.69, 9.17) is 12.2 Å². The molecular weight excluding hydrogens is 308 g/mol. The number of amides is 1. The Kier molecular flexibility index (Phi) is 6.10. The lowest BCUT2D eigenvalue weighted by Crippen LogP contribution is -2.28. The van der Waals surface area contributed by atoms with Gasteiger partial charge in [-0.1, -0.05) is 43.2 Å². The third-order valence-electron chi connectivity index (χ3n) is 3.89. The fraction of sp³-hybridized carbons (Fsp3) is 0.471. The van der Waals surface area contributed by atoms with Crippen LogP contribution < -0.4 is 0 Å². The molecule has 0 aliphatic heterocycles. The standard InChI is InChI=1S/C17H24N4OS/c1-4-5-11-20(3)15(22)10-12-21-16(18-19-17(21)23)14-8-6-13(2)7-9-14/h6-9H,4-5,10-12H2,1-3H3,(H,19,23). The number of aryl methyl sites for hydroxylation is 1. The van der Waals surface area contributed by atoms with Crippen molar-refractivity contribution in [2.45, 2.75) is 39.7 Å². The van der Waals surface area contributed by atoms with Gasteiger partial charge in [0, 0.05) is 32.1 Å². The van der Waals surface area contributed by atoms with Gasteiger partial charge in [0.2, 0.25) is 5.91 Å². The molecule has 5 nitrogen and oxygen atoms in total. The van der Waals surface area contributed by atoms with Gasteiger partial charge in [0.05, 0.1) is 0 Å². The van der Waals surface area contributed by atoms with Gasteiger partial charge in [0.25, 0.3) is 0 Å². The van der Waals surface area contributed by atoms with Crippen LogP contribution in [0.2, 0.25) is 0 Å². The second-order valence-electron chi connectivity index (χ2n) is 5.79. The van der Waals surface area contributed by atoms with Crippen LogP contribution in [0.25, 0.3) is 11.4 Å². The van der Waals surface area contributed by atoms with Crippen molar-refractivity contribution in [3.8, 4) is 11.4 Å². The Bertz CT molecular complexity index is 702. The van der Waals surface area contributed by atoms with E-state index >= 15 is 0 Å². The summed E-state index contributed by atoms with van der Waals surface area (Å²) < 4.78 is 2.44. The van der Waals surface area contributed by atoms with Gasteiger partial charge >= 0.3 is 0 Å². The molecule has 124 valence electrons. The van der Waals surface area contributed by atoms with Crippen molar-refractivity contribution in [2.24, 2.45) is 0 Å². The van der Waals surface area contributed by atoms with Gasteiger partial charge in [-0.25, -0.2) is 0 Å². The van der Waals surface area contributed by atoms with Crippen LogP contribution in [-0.4, -0.2) is 39.2 Å². The number of nitrogens with one attached hydrogen (secondary N) is 1. The van der Waals surface area contributed by atoms with Gasteiger partial charge in [-0.3, -0.25) is 14.5 Å². The molecule has 0 aliphatic carbocycles. The predicted molar refractivity (Wildman–Crippen MR) is 94.7 cm³/mol. The summed E-state index contributed by atoms with van der Waals surface area (Å²) in [7, 11) is 1.85. The van der Waals surface area contributed by atoms with Crippen LogP contribution >= 0.6 is 12.2 Å². The number of aromatic nitrogens is 3. The van der Waals surface area contributed by atoms with Crippen molar-refractivity contribution >= 4 is 18.1 Å². The summed E-state index contributed by atoms with van der Waals surface area (Å²) in [5.41, 5.74) is 2.19. The molecule has 1 aromatic heterocycles. The Morgan fingerprint density at radius 1 is 1.35 bits per heavy atom. The quantitative estimate of drug-likeness (QED) is 0.789. The number of benzene rings is 1. The van der Waals surface area contributed by atoms with E-state index in [-0.39, 0.29) is 5.91 Å². The van der Waals surface area contributed by atoms with E-state index in [0.29, 0.717) is 17.7 Å². The minimum absolute atomic E-state index is 0.136. The van der Waals surface area contributed by atoms with E-state index in [1.54, 1.807) is 4.90 Å². The number of aromatic amines is 1. The lowest BCUT2D eigenvalue weighted by atomic mass is 10.1. The van der Waals surface area contributed by atoms with E-state index < -0.39 is 0 Å². The highest BCUT2D eigenvalue weighted by atomic mass is 32.1. The second kappa shape index (κ2) is 8.06. The van der Waals surface area contributed by atoms with E-state index in [0.717, 1.165) is 30.8 Å². The zero-order valence-corrected chi connectivity index (χ0v) is 14.8. The van der Waals surface area contributed by atoms with Crippen molar-refractivity contribution in [3.05, 3.63) is 34.6 Å². The molecule has 1 aromatic carbocycles. The topological polar surface area (TPSA) is 53.9 Å². The van der Waals surface area contributed by atoms with Crippen molar-refractivity contribution in [1.82, 2.24) is 19.7 Å². The molecule has 0 aliphatic rings. The Hall–Kier alpha value is -1.95. The number of hydrogen-bond donors (Lipinski definition) is 1. The van der Waals surface area contributed by atoms with Crippen LogP contribution in [0.3, 0.4) is 0 Å². The number of H-pyrrole nitrogens is 1. The van der Waals surface area contributed by atoms with Gasteiger partial charge in [0.1, 0.15) is 0 Å². The van der Waals surface area contributed by atoms with Crippen LogP contribution in [0, 0.1) is 11.7 Å². The van der Waals surface area contributed by atoms with Crippen molar-refractivity contribution in [2.75, 3.05) is 13.6 Å². The molecular formula is C17H24N4OS. The van der Waals surface area contributed by atoms with Crippen molar-refractivity contribution in [1.29, 1.82) is 0 Å². The number of carbonyl (C=O) groups is 1. The summed E-state index contributed by atoms with van der Waals surface area (Å²) in [6.07, 6.45) is 2.54.